The first kappa shape index (κ1) is 15.2. The van der Waals surface area contributed by atoms with Gasteiger partial charge in [0.1, 0.15) is 11.5 Å². The predicted octanol–water partition coefficient (Wildman–Crippen LogP) is 2.43. The molecule has 108 valence electrons. The molecule has 1 aromatic carbocycles. The summed E-state index contributed by atoms with van der Waals surface area (Å²) in [6.07, 6.45) is 0.238. The number of anilines is 1. The topological polar surface area (TPSA) is 85.1 Å². The maximum absolute atomic E-state index is 12.0. The van der Waals surface area contributed by atoms with Crippen LogP contribution < -0.4 is 11.1 Å². The molecule has 21 heavy (non-hydrogen) atoms. The number of halogens is 1. The van der Waals surface area contributed by atoms with E-state index in [1.165, 1.54) is 6.07 Å². The average molecular weight is 348 g/mol. The highest BCUT2D eigenvalue weighted by Crippen LogP contribution is 2.16. The Bertz CT molecular complexity index is 701. The van der Waals surface area contributed by atoms with Gasteiger partial charge in [-0.15, -0.1) is 0 Å². The number of benzene rings is 1. The third kappa shape index (κ3) is 4.13. The van der Waals surface area contributed by atoms with E-state index in [0.717, 1.165) is 15.6 Å². The lowest BCUT2D eigenvalue weighted by molar-refractivity contribution is -0.115. The summed E-state index contributed by atoms with van der Waals surface area (Å²) in [6.45, 7) is 1.94. The fourth-order valence-electron chi connectivity index (χ4n) is 1.86. The number of hydrogen-bond acceptors (Lipinski definition) is 3. The lowest BCUT2D eigenvalue weighted by Crippen LogP contribution is -2.18. The molecule has 0 spiro atoms. The molecule has 5 nitrogen and oxygen atoms in total. The number of nitrogens with one attached hydrogen (secondary N) is 1. The van der Waals surface area contributed by atoms with Crippen molar-refractivity contribution in [2.45, 2.75) is 13.3 Å². The molecule has 0 atom stereocenters. The highest BCUT2D eigenvalue weighted by atomic mass is 79.9. The number of rotatable bonds is 4. The predicted molar refractivity (Wildman–Crippen MR) is 84.0 cm³/mol. The van der Waals surface area contributed by atoms with Gasteiger partial charge in [-0.25, -0.2) is 4.98 Å². The van der Waals surface area contributed by atoms with Gasteiger partial charge < -0.3 is 11.1 Å². The summed E-state index contributed by atoms with van der Waals surface area (Å²) in [5, 5.41) is 2.66. The zero-order chi connectivity index (χ0) is 15.4. The van der Waals surface area contributed by atoms with Gasteiger partial charge in [0.2, 0.25) is 5.91 Å². The van der Waals surface area contributed by atoms with Gasteiger partial charge in [0.25, 0.3) is 5.91 Å². The molecular weight excluding hydrogens is 334 g/mol. The first-order chi connectivity index (χ1) is 9.95. The fraction of sp³-hybridized carbons (Fsp3) is 0.133. The number of primary amides is 1. The second kappa shape index (κ2) is 6.49. The number of hydrogen-bond donors (Lipinski definition) is 2. The van der Waals surface area contributed by atoms with Crippen LogP contribution in [-0.2, 0) is 11.2 Å². The molecule has 2 aromatic rings. The van der Waals surface area contributed by atoms with Crippen molar-refractivity contribution in [2.24, 2.45) is 5.73 Å². The molecule has 0 unspecified atom stereocenters. The number of amides is 2. The number of pyridine rings is 1. The van der Waals surface area contributed by atoms with Crippen LogP contribution in [0.1, 0.15) is 21.6 Å². The molecule has 0 radical (unpaired) electrons. The monoisotopic (exact) mass is 347 g/mol. The first-order valence-corrected chi connectivity index (χ1v) is 7.07. The van der Waals surface area contributed by atoms with E-state index in [0.29, 0.717) is 5.82 Å². The van der Waals surface area contributed by atoms with E-state index in [1.54, 1.807) is 12.1 Å². The van der Waals surface area contributed by atoms with Gasteiger partial charge in [0.05, 0.1) is 6.42 Å². The summed E-state index contributed by atoms with van der Waals surface area (Å²) >= 11 is 3.38. The number of nitrogens with two attached hydrogens (primary N) is 1. The van der Waals surface area contributed by atoms with Gasteiger partial charge in [-0.1, -0.05) is 28.1 Å². The largest absolute Gasteiger partial charge is 0.364 e. The van der Waals surface area contributed by atoms with Crippen LogP contribution in [0.25, 0.3) is 0 Å². The minimum Gasteiger partial charge on any atom is -0.364 e. The molecule has 0 saturated heterocycles. The van der Waals surface area contributed by atoms with Gasteiger partial charge in [-0.05, 0) is 42.3 Å². The number of aryl methyl sites for hydroxylation is 1. The van der Waals surface area contributed by atoms with E-state index in [4.69, 9.17) is 5.73 Å². The van der Waals surface area contributed by atoms with Crippen molar-refractivity contribution in [3.05, 3.63) is 57.7 Å². The van der Waals surface area contributed by atoms with Crippen molar-refractivity contribution in [3.8, 4) is 0 Å². The molecule has 0 saturated carbocycles. The van der Waals surface area contributed by atoms with Crippen molar-refractivity contribution in [1.82, 2.24) is 4.98 Å². The third-order valence-corrected chi connectivity index (χ3v) is 3.42. The zero-order valence-electron chi connectivity index (χ0n) is 11.4. The quantitative estimate of drug-likeness (QED) is 0.890. The molecule has 6 heteroatoms. The minimum absolute atomic E-state index is 0.118. The maximum Gasteiger partial charge on any atom is 0.267 e. The van der Waals surface area contributed by atoms with Crippen LogP contribution in [0.5, 0.6) is 0 Å². The van der Waals surface area contributed by atoms with Crippen LogP contribution in [0.2, 0.25) is 0 Å². The first-order valence-electron chi connectivity index (χ1n) is 6.27. The molecule has 2 rings (SSSR count). The maximum atomic E-state index is 12.0. The average Bonchev–Trinajstić information content (AvgIpc) is 2.42. The highest BCUT2D eigenvalue weighted by molar-refractivity contribution is 9.10. The molecule has 3 N–H and O–H groups in total. The lowest BCUT2D eigenvalue weighted by Gasteiger charge is -2.08. The Morgan fingerprint density at radius 3 is 2.71 bits per heavy atom. The number of carbonyl (C=O) groups excluding carboxylic acids is 2. The van der Waals surface area contributed by atoms with Crippen molar-refractivity contribution >= 4 is 33.6 Å². The van der Waals surface area contributed by atoms with Crippen LogP contribution in [0.15, 0.2) is 40.9 Å². The van der Waals surface area contributed by atoms with Crippen LogP contribution in [0.4, 0.5) is 5.82 Å². The molecule has 1 heterocycles. The second-order valence-corrected chi connectivity index (χ2v) is 5.48. The van der Waals surface area contributed by atoms with E-state index in [9.17, 15) is 9.59 Å². The Kier molecular flexibility index (Phi) is 4.70. The van der Waals surface area contributed by atoms with Gasteiger partial charge in [0.15, 0.2) is 0 Å². The van der Waals surface area contributed by atoms with Crippen molar-refractivity contribution < 1.29 is 9.59 Å². The second-order valence-electron chi connectivity index (χ2n) is 4.57. The number of carbonyl (C=O) groups is 2. The summed E-state index contributed by atoms with van der Waals surface area (Å²) in [7, 11) is 0. The van der Waals surface area contributed by atoms with Gasteiger partial charge in [0, 0.05) is 4.47 Å². The van der Waals surface area contributed by atoms with Crippen molar-refractivity contribution in [3.63, 3.8) is 0 Å². The molecule has 0 aliphatic heterocycles. The standard InChI is InChI=1S/C15H14BrN3O2/c1-9-7-11(16)6-5-10(9)8-14(20)19-13-4-2-3-12(18-13)15(17)21/h2-7H,8H2,1H3,(H2,17,21)(H,18,19,20). The van der Waals surface area contributed by atoms with E-state index < -0.39 is 5.91 Å². The summed E-state index contributed by atoms with van der Waals surface area (Å²) < 4.78 is 0.972. The molecule has 0 aliphatic rings. The van der Waals surface area contributed by atoms with Crippen molar-refractivity contribution in [2.75, 3.05) is 5.32 Å². The minimum atomic E-state index is -0.630. The summed E-state index contributed by atoms with van der Waals surface area (Å²) in [6, 6.07) is 10.5. The number of aromatic nitrogens is 1. The molecule has 0 aliphatic carbocycles. The molecular formula is C15H14BrN3O2. The van der Waals surface area contributed by atoms with Crippen LogP contribution in [-0.4, -0.2) is 16.8 Å². The van der Waals surface area contributed by atoms with Crippen LogP contribution in [0.3, 0.4) is 0 Å². The van der Waals surface area contributed by atoms with Crippen LogP contribution >= 0.6 is 15.9 Å². The van der Waals surface area contributed by atoms with E-state index in [-0.39, 0.29) is 18.0 Å². The highest BCUT2D eigenvalue weighted by Gasteiger charge is 2.09. The Labute approximate surface area is 130 Å². The summed E-state index contributed by atoms with van der Waals surface area (Å²) in [5.74, 6) is -0.518. The summed E-state index contributed by atoms with van der Waals surface area (Å²) in [5.41, 5.74) is 7.23. The fourth-order valence-corrected chi connectivity index (χ4v) is 2.33. The van der Waals surface area contributed by atoms with Gasteiger partial charge >= 0.3 is 0 Å². The van der Waals surface area contributed by atoms with E-state index in [1.807, 2.05) is 25.1 Å². The Hall–Kier alpha value is -2.21. The SMILES string of the molecule is Cc1cc(Br)ccc1CC(=O)Nc1cccc(C(N)=O)n1. The van der Waals surface area contributed by atoms with Gasteiger partial charge in [-0.2, -0.15) is 0 Å². The Morgan fingerprint density at radius 1 is 1.29 bits per heavy atom. The molecule has 0 fully saturated rings. The Balaban J connectivity index is 2.08. The van der Waals surface area contributed by atoms with E-state index in [2.05, 4.69) is 26.2 Å². The zero-order valence-corrected chi connectivity index (χ0v) is 13.0. The molecule has 1 aromatic heterocycles. The summed E-state index contributed by atoms with van der Waals surface area (Å²) in [4.78, 5) is 27.0. The smallest absolute Gasteiger partial charge is 0.267 e. The number of nitrogens with zero attached hydrogens (tertiary/aromatic N) is 1. The third-order valence-electron chi connectivity index (χ3n) is 2.92. The van der Waals surface area contributed by atoms with Crippen LogP contribution in [0, 0.1) is 6.92 Å². The Morgan fingerprint density at radius 2 is 2.05 bits per heavy atom. The lowest BCUT2D eigenvalue weighted by atomic mass is 10.1. The normalized spacial score (nSPS) is 10.2. The van der Waals surface area contributed by atoms with E-state index >= 15 is 0 Å². The molecule has 0 bridgehead atoms. The molecule has 2 amide bonds. The van der Waals surface area contributed by atoms with Gasteiger partial charge in [-0.3, -0.25) is 9.59 Å². The van der Waals surface area contributed by atoms with Crippen molar-refractivity contribution in [1.29, 1.82) is 0 Å².